The van der Waals surface area contributed by atoms with Crippen LogP contribution in [0.2, 0.25) is 0 Å². The van der Waals surface area contributed by atoms with Gasteiger partial charge in [-0.25, -0.2) is 0 Å². The van der Waals surface area contributed by atoms with Gasteiger partial charge in [-0.2, -0.15) is 0 Å². The summed E-state index contributed by atoms with van der Waals surface area (Å²) in [5, 5.41) is 7.80. The molecule has 0 unspecified atom stereocenters. The van der Waals surface area contributed by atoms with Gasteiger partial charge in [0.25, 0.3) is 0 Å². The molecule has 130 valence electrons. The summed E-state index contributed by atoms with van der Waals surface area (Å²) in [6, 6.07) is 16.4. The summed E-state index contributed by atoms with van der Waals surface area (Å²) < 4.78 is 2.38. The first kappa shape index (κ1) is 22.1. The van der Waals surface area contributed by atoms with E-state index in [0.29, 0.717) is 5.71 Å². The fourth-order valence-electron chi connectivity index (χ4n) is 1.75. The minimum atomic E-state index is -0.0715. The van der Waals surface area contributed by atoms with Crippen molar-refractivity contribution in [1.82, 2.24) is 0 Å². The lowest BCUT2D eigenvalue weighted by atomic mass is 10.1. The van der Waals surface area contributed by atoms with Gasteiger partial charge in [0.05, 0.1) is 5.71 Å². The predicted octanol–water partition coefficient (Wildman–Crippen LogP) is 4.87. The van der Waals surface area contributed by atoms with E-state index in [1.54, 1.807) is 0 Å². The second kappa shape index (κ2) is 11.6. The molecule has 0 saturated heterocycles. The number of nitrogens with zero attached hydrogens (tertiary/aromatic N) is 2. The molecule has 0 aromatic heterocycles. The minimum absolute atomic E-state index is 0. The monoisotopic (exact) mass is 670 g/mol. The van der Waals surface area contributed by atoms with E-state index in [-0.39, 0.29) is 29.9 Å². The number of guanidine groups is 1. The quantitative estimate of drug-likeness (QED) is 0.206. The summed E-state index contributed by atoms with van der Waals surface area (Å²) in [7, 11) is 0. The highest BCUT2D eigenvalue weighted by Gasteiger charge is 1.93. The Morgan fingerprint density at radius 3 is 1.48 bits per heavy atom. The number of benzene rings is 2. The van der Waals surface area contributed by atoms with Crippen molar-refractivity contribution in [3.63, 3.8) is 0 Å². The van der Waals surface area contributed by atoms with Crippen LogP contribution in [-0.4, -0.2) is 11.7 Å². The molecule has 2 aromatic carbocycles. The topological polar surface area (TPSA) is 76.8 Å². The second-order valence-corrected chi connectivity index (χ2v) is 7.31. The Labute approximate surface area is 191 Å². The Balaban J connectivity index is 0.00000312. The lowest BCUT2D eigenvalue weighted by Gasteiger charge is -1.96. The van der Waals surface area contributed by atoms with Crippen LogP contribution in [0.1, 0.15) is 11.1 Å². The van der Waals surface area contributed by atoms with Crippen molar-refractivity contribution >= 4 is 93.0 Å². The summed E-state index contributed by atoms with van der Waals surface area (Å²) in [5.41, 5.74) is 13.5. The highest BCUT2D eigenvalue weighted by Crippen LogP contribution is 2.10. The maximum Gasteiger partial charge on any atom is 0.211 e. The van der Waals surface area contributed by atoms with Crippen LogP contribution in [0.4, 0.5) is 0 Å². The molecule has 4 nitrogen and oxygen atoms in total. The SMILES string of the molecule is I.NC(N)=NN=C(C=Cc1ccc(I)cc1)C=Cc1ccc(I)cc1. The average Bonchev–Trinajstić information content (AvgIpc) is 2.57. The molecule has 0 atom stereocenters. The van der Waals surface area contributed by atoms with Gasteiger partial charge in [-0.1, -0.05) is 36.4 Å². The van der Waals surface area contributed by atoms with Crippen LogP contribution in [0, 0.1) is 7.14 Å². The predicted molar refractivity (Wildman–Crippen MR) is 135 cm³/mol. The smallest absolute Gasteiger partial charge is 0.211 e. The third kappa shape index (κ3) is 8.81. The largest absolute Gasteiger partial charge is 0.369 e. The Hall–Kier alpha value is -0.950. The van der Waals surface area contributed by atoms with Crippen molar-refractivity contribution in [2.75, 3.05) is 0 Å². The van der Waals surface area contributed by atoms with Crippen LogP contribution in [0.15, 0.2) is 70.9 Å². The normalized spacial score (nSPS) is 10.5. The molecule has 0 heterocycles. The van der Waals surface area contributed by atoms with E-state index in [9.17, 15) is 0 Å². The zero-order valence-corrected chi connectivity index (χ0v) is 19.8. The van der Waals surface area contributed by atoms with Gasteiger partial charge in [0.15, 0.2) is 0 Å². The molecule has 0 aliphatic heterocycles. The third-order valence-electron chi connectivity index (χ3n) is 2.91. The van der Waals surface area contributed by atoms with E-state index < -0.39 is 0 Å². The molecular formula is C18H17I3N4. The number of rotatable bonds is 5. The molecular weight excluding hydrogens is 653 g/mol. The Bertz CT molecular complexity index is 731. The fourth-order valence-corrected chi connectivity index (χ4v) is 2.47. The number of nitrogens with two attached hydrogens (primary N) is 2. The van der Waals surface area contributed by atoms with Crippen LogP contribution >= 0.6 is 69.2 Å². The number of hydrogen-bond acceptors (Lipinski definition) is 2. The van der Waals surface area contributed by atoms with Crippen LogP contribution in [-0.2, 0) is 0 Å². The molecule has 2 rings (SSSR count). The highest BCUT2D eigenvalue weighted by atomic mass is 127. The van der Waals surface area contributed by atoms with E-state index >= 15 is 0 Å². The van der Waals surface area contributed by atoms with Crippen molar-refractivity contribution in [3.8, 4) is 0 Å². The minimum Gasteiger partial charge on any atom is -0.369 e. The van der Waals surface area contributed by atoms with E-state index in [1.807, 2.05) is 48.6 Å². The molecule has 25 heavy (non-hydrogen) atoms. The van der Waals surface area contributed by atoms with Crippen molar-refractivity contribution in [2.45, 2.75) is 0 Å². The van der Waals surface area contributed by atoms with Gasteiger partial charge in [0, 0.05) is 7.14 Å². The van der Waals surface area contributed by atoms with Crippen molar-refractivity contribution < 1.29 is 0 Å². The summed E-state index contributed by atoms with van der Waals surface area (Å²) in [6.07, 6.45) is 7.68. The van der Waals surface area contributed by atoms with Crippen LogP contribution in [0.25, 0.3) is 12.2 Å². The molecule has 7 heteroatoms. The first-order chi connectivity index (χ1) is 11.5. The molecule has 0 saturated carbocycles. The van der Waals surface area contributed by atoms with Crippen molar-refractivity contribution in [3.05, 3.63) is 79.0 Å². The molecule has 0 amide bonds. The number of halogens is 3. The second-order valence-electron chi connectivity index (χ2n) is 4.82. The van der Waals surface area contributed by atoms with Gasteiger partial charge in [-0.3, -0.25) is 0 Å². The maximum atomic E-state index is 5.36. The van der Waals surface area contributed by atoms with Crippen molar-refractivity contribution in [2.24, 2.45) is 21.7 Å². The third-order valence-corrected chi connectivity index (χ3v) is 4.35. The Morgan fingerprint density at radius 1 is 0.720 bits per heavy atom. The first-order valence-electron chi connectivity index (χ1n) is 7.07. The van der Waals surface area contributed by atoms with E-state index in [0.717, 1.165) is 11.1 Å². The van der Waals surface area contributed by atoms with Gasteiger partial charge < -0.3 is 11.5 Å². The summed E-state index contributed by atoms with van der Waals surface area (Å²) >= 11 is 4.55. The Kier molecular flexibility index (Phi) is 10.3. The van der Waals surface area contributed by atoms with Crippen LogP contribution in [0.5, 0.6) is 0 Å². The lowest BCUT2D eigenvalue weighted by Crippen LogP contribution is -2.22. The van der Waals surface area contributed by atoms with Gasteiger partial charge in [-0.05, 0) is 92.7 Å². The summed E-state index contributed by atoms with van der Waals surface area (Å²) in [5.74, 6) is -0.0715. The zero-order valence-electron chi connectivity index (χ0n) is 13.1. The van der Waals surface area contributed by atoms with Gasteiger partial charge in [0.1, 0.15) is 0 Å². The van der Waals surface area contributed by atoms with Crippen LogP contribution < -0.4 is 11.5 Å². The van der Waals surface area contributed by atoms with Crippen LogP contribution in [0.3, 0.4) is 0 Å². The molecule has 0 aliphatic rings. The molecule has 0 fully saturated rings. The zero-order chi connectivity index (χ0) is 17.4. The van der Waals surface area contributed by atoms with Gasteiger partial charge >= 0.3 is 0 Å². The van der Waals surface area contributed by atoms with Crippen molar-refractivity contribution in [1.29, 1.82) is 0 Å². The molecule has 0 aliphatic carbocycles. The molecule has 0 radical (unpaired) electrons. The molecule has 0 spiro atoms. The maximum absolute atomic E-state index is 5.36. The van der Waals surface area contributed by atoms with Gasteiger partial charge in [-0.15, -0.1) is 34.2 Å². The average molecular weight is 670 g/mol. The molecule has 0 bridgehead atoms. The molecule has 2 aromatic rings. The summed E-state index contributed by atoms with van der Waals surface area (Å²) in [6.45, 7) is 0. The van der Waals surface area contributed by atoms with E-state index in [4.69, 9.17) is 11.5 Å². The standard InChI is InChI=1S/C18H16I2N4.HI/c19-15-7-1-13(2-8-15)5-11-17(23-24-18(21)22)12-6-14-3-9-16(20)10-4-14;/h1-12H,(H4,21,22,24);1H. The van der Waals surface area contributed by atoms with E-state index in [1.165, 1.54) is 7.14 Å². The highest BCUT2D eigenvalue weighted by molar-refractivity contribution is 14.1. The van der Waals surface area contributed by atoms with Gasteiger partial charge in [0.2, 0.25) is 5.96 Å². The molecule has 4 N–H and O–H groups in total. The fraction of sp³-hybridized carbons (Fsp3) is 0. The first-order valence-corrected chi connectivity index (χ1v) is 9.22. The summed E-state index contributed by atoms with van der Waals surface area (Å²) in [4.78, 5) is 0. The Morgan fingerprint density at radius 2 is 1.12 bits per heavy atom. The van der Waals surface area contributed by atoms with E-state index in [2.05, 4.69) is 79.7 Å². The number of hydrogen-bond donors (Lipinski definition) is 2. The number of allylic oxidation sites excluding steroid dienone is 2. The lowest BCUT2D eigenvalue weighted by molar-refractivity contribution is 1.21.